The van der Waals surface area contributed by atoms with Gasteiger partial charge in [-0.1, -0.05) is 60.1 Å². The number of carbonyl (C=O) groups excluding carboxylic acids is 3. The zero-order valence-electron chi connectivity index (χ0n) is 22.9. The Bertz CT molecular complexity index is 1550. The molecule has 208 valence electrons. The molecule has 4 aromatic rings. The minimum absolute atomic E-state index is 0.0800. The van der Waals surface area contributed by atoms with E-state index in [0.717, 1.165) is 21.7 Å². The van der Waals surface area contributed by atoms with Crippen molar-refractivity contribution in [2.45, 2.75) is 30.9 Å². The van der Waals surface area contributed by atoms with E-state index < -0.39 is 11.8 Å². The van der Waals surface area contributed by atoms with Gasteiger partial charge in [-0.2, -0.15) is 0 Å². The minimum atomic E-state index is -0.481. The van der Waals surface area contributed by atoms with Crippen LogP contribution in [0.1, 0.15) is 34.0 Å². The number of rotatable bonds is 9. The fourth-order valence-corrected chi connectivity index (χ4v) is 4.97. The molecule has 4 rings (SSSR count). The maximum Gasteiger partial charge on any atom is 0.272 e. The molecule has 0 saturated carbocycles. The number of benzene rings is 4. The van der Waals surface area contributed by atoms with Crippen LogP contribution in [0.5, 0.6) is 0 Å². The largest absolute Gasteiger partial charge is 0.325 e. The number of hydrogen-bond acceptors (Lipinski definition) is 4. The van der Waals surface area contributed by atoms with Gasteiger partial charge < -0.3 is 16.0 Å². The monoisotopic (exact) mass is 583 g/mol. The summed E-state index contributed by atoms with van der Waals surface area (Å²) in [6.45, 7) is 5.79. The zero-order chi connectivity index (χ0) is 29.4. The third-order valence-electron chi connectivity index (χ3n) is 6.23. The average Bonchev–Trinajstić information content (AvgIpc) is 2.97. The molecular formula is C33H30ClN3O3S. The molecular weight excluding hydrogens is 554 g/mol. The first-order chi connectivity index (χ1) is 19.7. The summed E-state index contributed by atoms with van der Waals surface area (Å²) in [5.74, 6) is -0.970. The molecule has 0 aliphatic heterocycles. The van der Waals surface area contributed by atoms with Crippen molar-refractivity contribution in [3.63, 3.8) is 0 Å². The number of carbonyl (C=O) groups is 3. The Balaban J connectivity index is 1.43. The highest BCUT2D eigenvalue weighted by Crippen LogP contribution is 2.27. The van der Waals surface area contributed by atoms with E-state index in [1.807, 2.05) is 57.2 Å². The average molecular weight is 584 g/mol. The Hall–Kier alpha value is -4.33. The van der Waals surface area contributed by atoms with Gasteiger partial charge in [-0.15, -0.1) is 11.8 Å². The molecule has 0 bridgehead atoms. The molecule has 0 radical (unpaired) electrons. The Kier molecular flexibility index (Phi) is 10.0. The Morgan fingerprint density at radius 2 is 1.41 bits per heavy atom. The van der Waals surface area contributed by atoms with E-state index in [1.54, 1.807) is 66.7 Å². The third kappa shape index (κ3) is 8.33. The van der Waals surface area contributed by atoms with E-state index >= 15 is 0 Å². The number of halogens is 1. The van der Waals surface area contributed by atoms with E-state index in [9.17, 15) is 14.4 Å². The lowest BCUT2D eigenvalue weighted by Gasteiger charge is -2.16. The van der Waals surface area contributed by atoms with Crippen molar-refractivity contribution in [1.29, 1.82) is 0 Å². The molecule has 4 aromatic carbocycles. The van der Waals surface area contributed by atoms with E-state index in [-0.39, 0.29) is 16.9 Å². The quantitative estimate of drug-likeness (QED) is 0.141. The third-order valence-corrected chi connectivity index (χ3v) is 7.60. The Morgan fingerprint density at radius 1 is 0.780 bits per heavy atom. The lowest BCUT2D eigenvalue weighted by molar-refractivity contribution is -0.115. The first-order valence-corrected chi connectivity index (χ1v) is 14.2. The summed E-state index contributed by atoms with van der Waals surface area (Å²) in [4.78, 5) is 39.8. The number of hydrogen-bond donors (Lipinski definition) is 3. The zero-order valence-corrected chi connectivity index (χ0v) is 24.5. The van der Waals surface area contributed by atoms with E-state index in [4.69, 9.17) is 11.6 Å². The molecule has 1 atom stereocenters. The minimum Gasteiger partial charge on any atom is -0.325 e. The van der Waals surface area contributed by atoms with Crippen LogP contribution in [0.25, 0.3) is 6.08 Å². The second-order valence-electron chi connectivity index (χ2n) is 9.42. The number of aryl methyl sites for hydroxylation is 2. The van der Waals surface area contributed by atoms with Crippen molar-refractivity contribution in [1.82, 2.24) is 5.32 Å². The van der Waals surface area contributed by atoms with Gasteiger partial charge in [0.1, 0.15) is 5.70 Å². The number of amides is 3. The fourth-order valence-electron chi connectivity index (χ4n) is 3.98. The van der Waals surface area contributed by atoms with Crippen molar-refractivity contribution in [2.75, 3.05) is 10.6 Å². The maximum atomic E-state index is 13.3. The first-order valence-electron chi connectivity index (χ1n) is 13.0. The van der Waals surface area contributed by atoms with Crippen LogP contribution in [0, 0.1) is 13.8 Å². The van der Waals surface area contributed by atoms with Crippen molar-refractivity contribution < 1.29 is 14.4 Å². The number of para-hydroxylation sites is 1. The van der Waals surface area contributed by atoms with Gasteiger partial charge in [-0.25, -0.2) is 0 Å². The van der Waals surface area contributed by atoms with E-state index in [1.165, 1.54) is 11.8 Å². The fraction of sp³-hybridized carbons (Fsp3) is 0.121. The smallest absolute Gasteiger partial charge is 0.272 e. The summed E-state index contributed by atoms with van der Waals surface area (Å²) < 4.78 is 0. The van der Waals surface area contributed by atoms with Gasteiger partial charge in [0.2, 0.25) is 5.91 Å². The molecule has 3 amide bonds. The second kappa shape index (κ2) is 13.8. The Morgan fingerprint density at radius 3 is 2.05 bits per heavy atom. The molecule has 0 aromatic heterocycles. The molecule has 41 heavy (non-hydrogen) atoms. The lowest BCUT2D eigenvalue weighted by atomic mass is 10.1. The summed E-state index contributed by atoms with van der Waals surface area (Å²) in [6.07, 6.45) is 1.59. The number of thioether (sulfide) groups is 1. The van der Waals surface area contributed by atoms with Crippen LogP contribution >= 0.6 is 23.4 Å². The van der Waals surface area contributed by atoms with Gasteiger partial charge in [-0.05, 0) is 92.1 Å². The van der Waals surface area contributed by atoms with E-state index in [2.05, 4.69) is 16.0 Å². The predicted octanol–water partition coefficient (Wildman–Crippen LogP) is 7.49. The maximum absolute atomic E-state index is 13.3. The molecule has 0 spiro atoms. The molecule has 0 aliphatic rings. The van der Waals surface area contributed by atoms with Crippen LogP contribution < -0.4 is 16.0 Å². The van der Waals surface area contributed by atoms with Crippen molar-refractivity contribution >= 4 is 58.5 Å². The molecule has 0 heterocycles. The molecule has 0 saturated heterocycles. The normalized spacial score (nSPS) is 11.9. The summed E-state index contributed by atoms with van der Waals surface area (Å²) in [6, 6.07) is 28.7. The highest BCUT2D eigenvalue weighted by molar-refractivity contribution is 8.00. The van der Waals surface area contributed by atoms with E-state index in [0.29, 0.717) is 21.8 Å². The summed E-state index contributed by atoms with van der Waals surface area (Å²) >= 11 is 7.42. The van der Waals surface area contributed by atoms with Crippen LogP contribution in [0.15, 0.2) is 108 Å². The van der Waals surface area contributed by atoms with Crippen LogP contribution in [0.3, 0.4) is 0 Å². The SMILES string of the molecule is Cc1cccc(C)c1NC(=O)C(C)Sc1ccc(NC(=O)/C(=C/c2ccc(Cl)cc2)NC(=O)c2ccccc2)cc1. The topological polar surface area (TPSA) is 87.3 Å². The predicted molar refractivity (Wildman–Crippen MR) is 168 cm³/mol. The summed E-state index contributed by atoms with van der Waals surface area (Å²) in [5.41, 5.74) is 4.62. The number of nitrogens with one attached hydrogen (secondary N) is 3. The standard InChI is InChI=1S/C33H30ClN3O3S/c1-21-8-7-9-22(2)30(21)37-31(38)23(3)41-28-18-16-27(17-19-28)35-33(40)29(20-24-12-14-26(34)15-13-24)36-32(39)25-10-5-4-6-11-25/h4-20,23H,1-3H3,(H,35,40)(H,36,39)(H,37,38)/b29-20-. The molecule has 1 unspecified atom stereocenters. The highest BCUT2D eigenvalue weighted by atomic mass is 35.5. The van der Waals surface area contributed by atoms with Gasteiger partial charge in [0.05, 0.1) is 5.25 Å². The van der Waals surface area contributed by atoms with Crippen LogP contribution in [-0.2, 0) is 9.59 Å². The molecule has 3 N–H and O–H groups in total. The Labute approximate surface area is 249 Å². The van der Waals surface area contributed by atoms with Gasteiger partial charge in [0.15, 0.2) is 0 Å². The lowest BCUT2D eigenvalue weighted by Crippen LogP contribution is -2.30. The summed E-state index contributed by atoms with van der Waals surface area (Å²) in [7, 11) is 0. The first kappa shape index (κ1) is 29.6. The number of anilines is 2. The second-order valence-corrected chi connectivity index (χ2v) is 11.3. The molecule has 0 aliphatic carbocycles. The molecule has 8 heteroatoms. The van der Waals surface area contributed by atoms with Gasteiger partial charge in [0.25, 0.3) is 11.8 Å². The van der Waals surface area contributed by atoms with Crippen LogP contribution in [0.2, 0.25) is 5.02 Å². The van der Waals surface area contributed by atoms with Crippen molar-refractivity contribution in [2.24, 2.45) is 0 Å². The van der Waals surface area contributed by atoms with Crippen LogP contribution in [0.4, 0.5) is 11.4 Å². The van der Waals surface area contributed by atoms with Crippen LogP contribution in [-0.4, -0.2) is 23.0 Å². The molecule has 6 nitrogen and oxygen atoms in total. The van der Waals surface area contributed by atoms with Gasteiger partial charge in [-0.3, -0.25) is 14.4 Å². The van der Waals surface area contributed by atoms with Crippen molar-refractivity contribution in [3.8, 4) is 0 Å². The van der Waals surface area contributed by atoms with Gasteiger partial charge >= 0.3 is 0 Å². The summed E-state index contributed by atoms with van der Waals surface area (Å²) in [5, 5.41) is 8.83. The van der Waals surface area contributed by atoms with Gasteiger partial charge in [0, 0.05) is 26.9 Å². The molecule has 0 fully saturated rings. The highest BCUT2D eigenvalue weighted by Gasteiger charge is 2.18. The van der Waals surface area contributed by atoms with Crippen molar-refractivity contribution in [3.05, 3.63) is 130 Å².